The highest BCUT2D eigenvalue weighted by Gasteiger charge is 2.54. The molecule has 1 aliphatic rings. The molecule has 0 aromatic rings. The largest absolute Gasteiger partial charge is 0.465 e. The second-order valence-electron chi connectivity index (χ2n) is 3.34. The van der Waals surface area contributed by atoms with Crippen molar-refractivity contribution in [3.05, 3.63) is 0 Å². The quantitative estimate of drug-likeness (QED) is 0.646. The number of esters is 1. The van der Waals surface area contributed by atoms with Crippen molar-refractivity contribution >= 4 is 15.8 Å². The molecule has 14 heavy (non-hydrogen) atoms. The summed E-state index contributed by atoms with van der Waals surface area (Å²) in [5.41, 5.74) is 5.40. The van der Waals surface area contributed by atoms with Gasteiger partial charge in [0.1, 0.15) is 0 Å². The number of rotatable bonds is 3. The van der Waals surface area contributed by atoms with E-state index in [1.807, 2.05) is 0 Å². The van der Waals surface area contributed by atoms with Gasteiger partial charge in [0, 0.05) is 6.54 Å². The van der Waals surface area contributed by atoms with Crippen molar-refractivity contribution in [3.63, 3.8) is 0 Å². The Labute approximate surface area is 83.5 Å². The Hall–Kier alpha value is -0.620. The van der Waals surface area contributed by atoms with E-state index in [1.165, 1.54) is 0 Å². The lowest BCUT2D eigenvalue weighted by atomic mass is 10.0. The highest BCUT2D eigenvalue weighted by Crippen LogP contribution is 2.32. The van der Waals surface area contributed by atoms with E-state index in [0.717, 1.165) is 0 Å². The number of carbonyl (C=O) groups excluding carboxylic acids is 1. The molecule has 0 aliphatic carbocycles. The number of hydrogen-bond acceptors (Lipinski definition) is 5. The Bertz CT molecular complexity index is 324. The third kappa shape index (κ3) is 1.52. The first-order chi connectivity index (χ1) is 6.50. The molecule has 0 aromatic heterocycles. The molecule has 0 spiro atoms. The summed E-state index contributed by atoms with van der Waals surface area (Å²) in [6, 6.07) is 0. The van der Waals surface area contributed by atoms with Crippen molar-refractivity contribution in [3.8, 4) is 0 Å². The summed E-state index contributed by atoms with van der Waals surface area (Å²) >= 11 is 0. The van der Waals surface area contributed by atoms with Crippen LogP contribution >= 0.6 is 0 Å². The molecule has 2 N–H and O–H groups in total. The number of carbonyl (C=O) groups is 1. The second kappa shape index (κ2) is 3.86. The molecule has 0 amide bonds. The first-order valence-electron chi connectivity index (χ1n) is 4.60. The van der Waals surface area contributed by atoms with Crippen LogP contribution in [0.25, 0.3) is 0 Å². The maximum Gasteiger partial charge on any atom is 0.328 e. The molecule has 1 fully saturated rings. The Morgan fingerprint density at radius 2 is 2.21 bits per heavy atom. The van der Waals surface area contributed by atoms with Crippen LogP contribution in [-0.4, -0.2) is 38.0 Å². The summed E-state index contributed by atoms with van der Waals surface area (Å²) in [7, 11) is -3.42. The third-order valence-corrected chi connectivity index (χ3v) is 5.12. The van der Waals surface area contributed by atoms with E-state index in [2.05, 4.69) is 0 Å². The summed E-state index contributed by atoms with van der Waals surface area (Å²) in [5.74, 6) is -0.664. The van der Waals surface area contributed by atoms with Gasteiger partial charge in [-0.15, -0.1) is 0 Å². The van der Waals surface area contributed by atoms with E-state index in [9.17, 15) is 13.2 Å². The molecule has 1 heterocycles. The van der Waals surface area contributed by atoms with Crippen LogP contribution in [0.4, 0.5) is 0 Å². The fraction of sp³-hybridized carbons (Fsp3) is 0.875. The van der Waals surface area contributed by atoms with Crippen LogP contribution in [0.2, 0.25) is 0 Å². The lowest BCUT2D eigenvalue weighted by molar-refractivity contribution is -0.146. The van der Waals surface area contributed by atoms with Gasteiger partial charge in [0.05, 0.1) is 12.4 Å². The average Bonchev–Trinajstić information content (AvgIpc) is 2.42. The van der Waals surface area contributed by atoms with Gasteiger partial charge in [-0.2, -0.15) is 0 Å². The first kappa shape index (κ1) is 11.5. The Balaban J connectivity index is 3.03. The molecule has 82 valence electrons. The fourth-order valence-electron chi connectivity index (χ4n) is 1.70. The molecule has 0 radical (unpaired) electrons. The molecule has 0 bridgehead atoms. The molecule has 1 saturated heterocycles. The Morgan fingerprint density at radius 3 is 2.57 bits per heavy atom. The van der Waals surface area contributed by atoms with Crippen LogP contribution in [-0.2, 0) is 19.4 Å². The van der Waals surface area contributed by atoms with Gasteiger partial charge in [-0.1, -0.05) is 0 Å². The summed E-state index contributed by atoms with van der Waals surface area (Å²) < 4.78 is 26.6. The van der Waals surface area contributed by atoms with E-state index >= 15 is 0 Å². The summed E-state index contributed by atoms with van der Waals surface area (Å²) in [6.45, 7) is 1.63. The van der Waals surface area contributed by atoms with E-state index in [4.69, 9.17) is 10.5 Å². The van der Waals surface area contributed by atoms with E-state index in [1.54, 1.807) is 6.92 Å². The maximum absolute atomic E-state index is 11.7. The van der Waals surface area contributed by atoms with Crippen LogP contribution < -0.4 is 5.73 Å². The zero-order valence-electron chi connectivity index (χ0n) is 8.15. The topological polar surface area (TPSA) is 86.5 Å². The summed E-state index contributed by atoms with van der Waals surface area (Å²) in [5, 5.41) is 0. The van der Waals surface area contributed by atoms with Gasteiger partial charge >= 0.3 is 5.97 Å². The fourth-order valence-corrected chi connectivity index (χ4v) is 3.64. The van der Waals surface area contributed by atoms with Gasteiger partial charge in [0.25, 0.3) is 0 Å². The van der Waals surface area contributed by atoms with Crippen LogP contribution in [0.1, 0.15) is 19.8 Å². The summed E-state index contributed by atoms with van der Waals surface area (Å²) in [6.07, 6.45) is 0.767. The van der Waals surface area contributed by atoms with Gasteiger partial charge in [-0.3, -0.25) is 4.79 Å². The standard InChI is InChI=1S/C8H15NO4S/c1-2-13-7(10)8(6-9)4-3-5-14(8,11)12/h2-6,9H2,1H3. The smallest absolute Gasteiger partial charge is 0.328 e. The molecule has 1 unspecified atom stereocenters. The number of sulfone groups is 1. The maximum atomic E-state index is 11.7. The lowest BCUT2D eigenvalue weighted by Crippen LogP contribution is -2.50. The molecular formula is C8H15NO4S. The Kier molecular flexibility index (Phi) is 3.16. The van der Waals surface area contributed by atoms with Crippen molar-refractivity contribution in [2.45, 2.75) is 24.5 Å². The first-order valence-corrected chi connectivity index (χ1v) is 6.25. The molecule has 1 atom stereocenters. The van der Waals surface area contributed by atoms with Gasteiger partial charge in [-0.25, -0.2) is 8.42 Å². The van der Waals surface area contributed by atoms with Gasteiger partial charge in [0.15, 0.2) is 14.6 Å². The lowest BCUT2D eigenvalue weighted by Gasteiger charge is -2.23. The number of nitrogens with two attached hydrogens (primary N) is 1. The van der Waals surface area contributed by atoms with E-state index in [-0.39, 0.29) is 25.3 Å². The number of hydrogen-bond donors (Lipinski definition) is 1. The highest BCUT2D eigenvalue weighted by atomic mass is 32.2. The minimum absolute atomic E-state index is 0.0308. The SMILES string of the molecule is CCOC(=O)C1(CN)CCCS1(=O)=O. The molecule has 1 rings (SSSR count). The highest BCUT2D eigenvalue weighted by molar-refractivity contribution is 7.93. The van der Waals surface area contributed by atoms with Gasteiger partial charge in [0.2, 0.25) is 0 Å². The molecule has 6 heteroatoms. The van der Waals surface area contributed by atoms with E-state index in [0.29, 0.717) is 6.42 Å². The molecule has 0 aromatic carbocycles. The molecule has 1 aliphatic heterocycles. The molecular weight excluding hydrogens is 206 g/mol. The van der Waals surface area contributed by atoms with Crippen molar-refractivity contribution in [2.75, 3.05) is 18.9 Å². The third-order valence-electron chi connectivity index (χ3n) is 2.57. The minimum Gasteiger partial charge on any atom is -0.465 e. The van der Waals surface area contributed by atoms with Crippen LogP contribution in [0.3, 0.4) is 0 Å². The zero-order valence-corrected chi connectivity index (χ0v) is 8.97. The van der Waals surface area contributed by atoms with Gasteiger partial charge in [-0.05, 0) is 19.8 Å². The zero-order chi connectivity index (χ0) is 10.8. The van der Waals surface area contributed by atoms with Crippen molar-refractivity contribution in [2.24, 2.45) is 5.73 Å². The Morgan fingerprint density at radius 1 is 1.57 bits per heavy atom. The van der Waals surface area contributed by atoms with Crippen molar-refractivity contribution < 1.29 is 17.9 Å². The predicted octanol–water partition coefficient (Wildman–Crippen LogP) is -0.544. The summed E-state index contributed by atoms with van der Waals surface area (Å²) in [4.78, 5) is 11.5. The van der Waals surface area contributed by atoms with Crippen LogP contribution in [0, 0.1) is 0 Å². The molecule has 0 saturated carbocycles. The van der Waals surface area contributed by atoms with E-state index < -0.39 is 20.6 Å². The molecule has 5 nitrogen and oxygen atoms in total. The van der Waals surface area contributed by atoms with Crippen molar-refractivity contribution in [1.29, 1.82) is 0 Å². The second-order valence-corrected chi connectivity index (χ2v) is 5.76. The van der Waals surface area contributed by atoms with Crippen molar-refractivity contribution in [1.82, 2.24) is 0 Å². The monoisotopic (exact) mass is 221 g/mol. The normalized spacial score (nSPS) is 30.1. The average molecular weight is 221 g/mol. The predicted molar refractivity (Wildman–Crippen MR) is 51.4 cm³/mol. The van der Waals surface area contributed by atoms with Gasteiger partial charge < -0.3 is 10.5 Å². The van der Waals surface area contributed by atoms with Crippen LogP contribution in [0.15, 0.2) is 0 Å². The number of ether oxygens (including phenoxy) is 1. The minimum atomic E-state index is -3.42. The van der Waals surface area contributed by atoms with Crippen LogP contribution in [0.5, 0.6) is 0 Å².